The van der Waals surface area contributed by atoms with Crippen molar-refractivity contribution in [1.82, 2.24) is 15.2 Å². The number of carbonyl (C=O) groups is 1. The molecule has 0 saturated carbocycles. The monoisotopic (exact) mass is 352 g/mol. The number of para-hydroxylation sites is 1. The van der Waals surface area contributed by atoms with E-state index in [1.165, 1.54) is 29.5 Å². The van der Waals surface area contributed by atoms with Gasteiger partial charge in [0.1, 0.15) is 10.8 Å². The van der Waals surface area contributed by atoms with E-state index in [1.54, 1.807) is 6.07 Å². The van der Waals surface area contributed by atoms with Gasteiger partial charge in [-0.05, 0) is 23.8 Å². The van der Waals surface area contributed by atoms with Crippen molar-refractivity contribution < 1.29 is 9.18 Å². The number of nitrogens with zero attached hydrogens (tertiary/aromatic N) is 2. The van der Waals surface area contributed by atoms with Crippen molar-refractivity contribution in [2.24, 2.45) is 0 Å². The summed E-state index contributed by atoms with van der Waals surface area (Å²) in [5.74, 6) is -1.10. The second-order valence-electron chi connectivity index (χ2n) is 5.47. The Morgan fingerprint density at radius 1 is 1.12 bits per heavy atom. The van der Waals surface area contributed by atoms with Gasteiger partial charge in [0, 0.05) is 23.5 Å². The average Bonchev–Trinajstić information content (AvgIpc) is 3.23. The molecule has 0 atom stereocenters. The van der Waals surface area contributed by atoms with Gasteiger partial charge in [-0.15, -0.1) is 10.2 Å². The third-order valence-electron chi connectivity index (χ3n) is 3.82. The molecule has 4 rings (SSSR count). The first-order valence-corrected chi connectivity index (χ1v) is 8.45. The van der Waals surface area contributed by atoms with Crippen molar-refractivity contribution in [3.63, 3.8) is 0 Å². The predicted molar refractivity (Wildman–Crippen MR) is 95.4 cm³/mol. The van der Waals surface area contributed by atoms with Gasteiger partial charge < -0.3 is 4.98 Å². The molecule has 0 unspecified atom stereocenters. The SMILES string of the molecule is O=C(Nc1nnc(Cc2c[nH]c3ccccc23)s1)c1ccccc1F. The van der Waals surface area contributed by atoms with Crippen LogP contribution in [0.4, 0.5) is 9.52 Å². The van der Waals surface area contributed by atoms with E-state index >= 15 is 0 Å². The van der Waals surface area contributed by atoms with Gasteiger partial charge in [0.05, 0.1) is 5.56 Å². The number of anilines is 1. The molecule has 5 nitrogen and oxygen atoms in total. The maximum Gasteiger partial charge on any atom is 0.260 e. The second-order valence-corrected chi connectivity index (χ2v) is 6.53. The lowest BCUT2D eigenvalue weighted by atomic mass is 10.1. The number of carbonyl (C=O) groups excluding carboxylic acids is 1. The number of halogens is 1. The molecule has 7 heteroatoms. The molecule has 2 N–H and O–H groups in total. The van der Waals surface area contributed by atoms with Crippen molar-refractivity contribution >= 4 is 33.3 Å². The van der Waals surface area contributed by atoms with Crippen LogP contribution < -0.4 is 5.32 Å². The Kier molecular flexibility index (Phi) is 3.99. The summed E-state index contributed by atoms with van der Waals surface area (Å²) >= 11 is 1.28. The van der Waals surface area contributed by atoms with Crippen LogP contribution in [0, 0.1) is 5.82 Å². The summed E-state index contributed by atoms with van der Waals surface area (Å²) in [6, 6.07) is 13.8. The fraction of sp³-hybridized carbons (Fsp3) is 0.0556. The van der Waals surface area contributed by atoms with Gasteiger partial charge in [0.2, 0.25) is 5.13 Å². The van der Waals surface area contributed by atoms with E-state index in [1.807, 2.05) is 30.5 Å². The van der Waals surface area contributed by atoms with Crippen molar-refractivity contribution in [2.45, 2.75) is 6.42 Å². The smallest absolute Gasteiger partial charge is 0.260 e. The van der Waals surface area contributed by atoms with Crippen LogP contribution in [0.5, 0.6) is 0 Å². The third kappa shape index (κ3) is 3.14. The largest absolute Gasteiger partial charge is 0.361 e. The maximum atomic E-state index is 13.7. The highest BCUT2D eigenvalue weighted by Crippen LogP contribution is 2.24. The molecule has 1 amide bonds. The summed E-state index contributed by atoms with van der Waals surface area (Å²) in [5.41, 5.74) is 2.16. The first-order chi connectivity index (χ1) is 12.2. The highest BCUT2D eigenvalue weighted by Gasteiger charge is 2.14. The Bertz CT molecular complexity index is 1060. The van der Waals surface area contributed by atoms with Crippen molar-refractivity contribution in [3.8, 4) is 0 Å². The number of amides is 1. The number of aromatic amines is 1. The van der Waals surface area contributed by atoms with Crippen LogP contribution in [0.3, 0.4) is 0 Å². The lowest BCUT2D eigenvalue weighted by Gasteiger charge is -2.01. The molecule has 4 aromatic rings. The molecule has 2 heterocycles. The van der Waals surface area contributed by atoms with Gasteiger partial charge in [-0.1, -0.05) is 41.7 Å². The molecule has 0 radical (unpaired) electrons. The number of fused-ring (bicyclic) bond motifs is 1. The molecule has 2 aromatic carbocycles. The van der Waals surface area contributed by atoms with Gasteiger partial charge in [-0.25, -0.2) is 4.39 Å². The van der Waals surface area contributed by atoms with Gasteiger partial charge >= 0.3 is 0 Å². The van der Waals surface area contributed by atoms with E-state index in [0.29, 0.717) is 11.6 Å². The summed E-state index contributed by atoms with van der Waals surface area (Å²) in [4.78, 5) is 15.3. The molecule has 0 spiro atoms. The van der Waals surface area contributed by atoms with E-state index in [2.05, 4.69) is 20.5 Å². The summed E-state index contributed by atoms with van der Waals surface area (Å²) in [6.45, 7) is 0. The average molecular weight is 352 g/mol. The lowest BCUT2D eigenvalue weighted by molar-refractivity contribution is 0.102. The van der Waals surface area contributed by atoms with Crippen molar-refractivity contribution in [1.29, 1.82) is 0 Å². The fourth-order valence-electron chi connectivity index (χ4n) is 2.63. The number of rotatable bonds is 4. The molecular weight excluding hydrogens is 339 g/mol. The quantitative estimate of drug-likeness (QED) is 0.583. The van der Waals surface area contributed by atoms with Crippen LogP contribution in [0.25, 0.3) is 10.9 Å². The molecule has 25 heavy (non-hydrogen) atoms. The van der Waals surface area contributed by atoms with E-state index in [0.717, 1.165) is 21.5 Å². The number of nitrogens with one attached hydrogen (secondary N) is 2. The van der Waals surface area contributed by atoms with Crippen LogP contribution in [-0.4, -0.2) is 21.1 Å². The number of hydrogen-bond acceptors (Lipinski definition) is 4. The van der Waals surface area contributed by atoms with Gasteiger partial charge in [0.15, 0.2) is 0 Å². The van der Waals surface area contributed by atoms with Crippen LogP contribution in [0.2, 0.25) is 0 Å². The molecule has 0 aliphatic rings. The fourth-order valence-corrected chi connectivity index (χ4v) is 3.38. The number of aromatic nitrogens is 3. The number of H-pyrrole nitrogens is 1. The van der Waals surface area contributed by atoms with E-state index in [9.17, 15) is 9.18 Å². The van der Waals surface area contributed by atoms with Crippen LogP contribution in [-0.2, 0) is 6.42 Å². The first-order valence-electron chi connectivity index (χ1n) is 7.64. The summed E-state index contributed by atoms with van der Waals surface area (Å²) in [7, 11) is 0. The number of benzene rings is 2. The molecule has 0 fully saturated rings. The zero-order valence-corrected chi connectivity index (χ0v) is 13.8. The molecule has 0 aliphatic heterocycles. The maximum absolute atomic E-state index is 13.7. The van der Waals surface area contributed by atoms with E-state index in [-0.39, 0.29) is 5.56 Å². The zero-order valence-electron chi connectivity index (χ0n) is 13.0. The van der Waals surface area contributed by atoms with Gasteiger partial charge in [-0.3, -0.25) is 10.1 Å². The first kappa shape index (κ1) is 15.5. The van der Waals surface area contributed by atoms with Crippen LogP contribution in [0.1, 0.15) is 20.9 Å². The molecular formula is C18H13FN4OS. The highest BCUT2D eigenvalue weighted by molar-refractivity contribution is 7.15. The third-order valence-corrected chi connectivity index (χ3v) is 4.66. The highest BCUT2D eigenvalue weighted by atomic mass is 32.1. The summed E-state index contributed by atoms with van der Waals surface area (Å²) in [6.07, 6.45) is 2.56. The standard InChI is InChI=1S/C18H13FN4OS/c19-14-7-3-1-6-13(14)17(24)21-18-23-22-16(25-18)9-11-10-20-15-8-4-2-5-12(11)15/h1-8,10,20H,9H2,(H,21,23,24). The second kappa shape index (κ2) is 6.45. The minimum atomic E-state index is -0.566. The zero-order chi connectivity index (χ0) is 17.2. The molecule has 0 bridgehead atoms. The Morgan fingerprint density at radius 2 is 1.92 bits per heavy atom. The van der Waals surface area contributed by atoms with Crippen LogP contribution in [0.15, 0.2) is 54.7 Å². The summed E-state index contributed by atoms with van der Waals surface area (Å²) < 4.78 is 13.7. The number of hydrogen-bond donors (Lipinski definition) is 2. The van der Waals surface area contributed by atoms with Gasteiger partial charge in [0.25, 0.3) is 5.91 Å². The molecule has 0 aliphatic carbocycles. The molecule has 124 valence electrons. The lowest BCUT2D eigenvalue weighted by Crippen LogP contribution is -2.13. The van der Waals surface area contributed by atoms with E-state index in [4.69, 9.17) is 0 Å². The normalized spacial score (nSPS) is 10.9. The molecule has 0 saturated heterocycles. The Morgan fingerprint density at radius 3 is 2.80 bits per heavy atom. The van der Waals surface area contributed by atoms with Crippen molar-refractivity contribution in [2.75, 3.05) is 5.32 Å². The van der Waals surface area contributed by atoms with E-state index < -0.39 is 11.7 Å². The molecule has 2 aromatic heterocycles. The Hall–Kier alpha value is -3.06. The Balaban J connectivity index is 1.51. The topological polar surface area (TPSA) is 70.7 Å². The minimum absolute atomic E-state index is 0.0177. The predicted octanol–water partition coefficient (Wildman–Crippen LogP) is 4.00. The Labute approximate surface area is 146 Å². The summed E-state index contributed by atoms with van der Waals surface area (Å²) in [5, 5.41) is 12.9. The van der Waals surface area contributed by atoms with Crippen molar-refractivity contribution in [3.05, 3.63) is 76.7 Å². The minimum Gasteiger partial charge on any atom is -0.361 e. The van der Waals surface area contributed by atoms with Gasteiger partial charge in [-0.2, -0.15) is 0 Å². The van der Waals surface area contributed by atoms with Crippen LogP contribution >= 0.6 is 11.3 Å².